The fourth-order valence-corrected chi connectivity index (χ4v) is 3.83. The first-order chi connectivity index (χ1) is 14.0. The van der Waals surface area contributed by atoms with Gasteiger partial charge in [0.1, 0.15) is 0 Å². The molecule has 156 valence electrons. The molecule has 0 bridgehead atoms. The average Bonchev–Trinajstić information content (AvgIpc) is 2.72. The second-order valence-electron chi connectivity index (χ2n) is 7.21. The zero-order valence-electron chi connectivity index (χ0n) is 16.4. The molecule has 0 saturated heterocycles. The first-order valence-electron chi connectivity index (χ1n) is 9.95. The van der Waals surface area contributed by atoms with Crippen molar-refractivity contribution >= 4 is 17.7 Å². The molecular formula is C20H26N4O5. The Hall–Kier alpha value is -2.94. The molecular weight excluding hydrogens is 376 g/mol. The Morgan fingerprint density at radius 1 is 1.31 bits per heavy atom. The molecule has 9 heteroatoms. The van der Waals surface area contributed by atoms with Crippen LogP contribution in [0.5, 0.6) is 0 Å². The lowest BCUT2D eigenvalue weighted by molar-refractivity contribution is -0.384. The molecule has 3 N–H and O–H groups in total. The van der Waals surface area contributed by atoms with Crippen molar-refractivity contribution in [2.24, 2.45) is 0 Å². The van der Waals surface area contributed by atoms with Crippen molar-refractivity contribution in [3.8, 4) is 0 Å². The molecule has 0 spiro atoms. The van der Waals surface area contributed by atoms with Crippen LogP contribution in [-0.2, 0) is 9.53 Å². The highest BCUT2D eigenvalue weighted by atomic mass is 16.6. The number of carbonyl (C=O) groups is 2. The van der Waals surface area contributed by atoms with Gasteiger partial charge >= 0.3 is 12.0 Å². The second kappa shape index (κ2) is 9.51. The van der Waals surface area contributed by atoms with E-state index in [1.54, 1.807) is 13.0 Å². The van der Waals surface area contributed by atoms with Crippen LogP contribution in [0, 0.1) is 10.1 Å². The van der Waals surface area contributed by atoms with Crippen LogP contribution < -0.4 is 16.0 Å². The van der Waals surface area contributed by atoms with E-state index in [0.717, 1.165) is 25.7 Å². The van der Waals surface area contributed by atoms with E-state index in [1.165, 1.54) is 24.6 Å². The minimum Gasteiger partial charge on any atom is -0.463 e. The Bertz CT molecular complexity index is 817. The van der Waals surface area contributed by atoms with Crippen molar-refractivity contribution in [2.45, 2.75) is 51.1 Å². The minimum absolute atomic E-state index is 0.111. The lowest BCUT2D eigenvalue weighted by atomic mass is 9.93. The van der Waals surface area contributed by atoms with Gasteiger partial charge in [0, 0.05) is 30.4 Å². The Morgan fingerprint density at radius 3 is 2.76 bits per heavy atom. The fraction of sp³-hybridized carbons (Fsp3) is 0.500. The molecule has 9 nitrogen and oxygen atoms in total. The number of urea groups is 1. The highest BCUT2D eigenvalue weighted by Gasteiger charge is 2.34. The topological polar surface area (TPSA) is 123 Å². The number of carbonyl (C=O) groups excluding carboxylic acids is 2. The van der Waals surface area contributed by atoms with Gasteiger partial charge in [-0.2, -0.15) is 0 Å². The normalized spacial score (nSPS) is 20.0. The van der Waals surface area contributed by atoms with Gasteiger partial charge in [-0.15, -0.1) is 0 Å². The summed E-state index contributed by atoms with van der Waals surface area (Å²) in [4.78, 5) is 35.7. The summed E-state index contributed by atoms with van der Waals surface area (Å²) in [6, 6.07) is 4.95. The molecule has 0 aromatic heterocycles. The molecule has 2 amide bonds. The lowest BCUT2D eigenvalue weighted by Gasteiger charge is -2.31. The van der Waals surface area contributed by atoms with Gasteiger partial charge in [0.05, 0.1) is 23.1 Å². The zero-order chi connectivity index (χ0) is 20.8. The van der Waals surface area contributed by atoms with E-state index < -0.39 is 23.0 Å². The maximum atomic E-state index is 12.7. The van der Waals surface area contributed by atoms with E-state index in [1.807, 2.05) is 0 Å². The number of amides is 2. The van der Waals surface area contributed by atoms with Crippen LogP contribution in [0.2, 0.25) is 0 Å². The maximum Gasteiger partial charge on any atom is 0.338 e. The first kappa shape index (κ1) is 20.8. The Labute approximate surface area is 169 Å². The van der Waals surface area contributed by atoms with Gasteiger partial charge in [0.25, 0.3) is 5.69 Å². The quantitative estimate of drug-likeness (QED) is 0.366. The smallest absolute Gasteiger partial charge is 0.338 e. The average molecular weight is 402 g/mol. The molecule has 0 unspecified atom stereocenters. The van der Waals surface area contributed by atoms with E-state index >= 15 is 0 Å². The number of nitrogens with one attached hydrogen (secondary N) is 3. The van der Waals surface area contributed by atoms with Crippen LogP contribution in [0.25, 0.3) is 0 Å². The summed E-state index contributed by atoms with van der Waals surface area (Å²) < 4.78 is 5.22. The van der Waals surface area contributed by atoms with Gasteiger partial charge in [-0.1, -0.05) is 31.4 Å². The molecule has 1 saturated carbocycles. The fourth-order valence-electron chi connectivity index (χ4n) is 3.83. The van der Waals surface area contributed by atoms with Crippen molar-refractivity contribution in [1.29, 1.82) is 0 Å². The van der Waals surface area contributed by atoms with Crippen molar-refractivity contribution in [3.05, 3.63) is 51.2 Å². The Balaban J connectivity index is 1.93. The van der Waals surface area contributed by atoms with Gasteiger partial charge in [-0.3, -0.25) is 10.1 Å². The molecule has 1 aromatic rings. The van der Waals surface area contributed by atoms with Crippen LogP contribution >= 0.6 is 0 Å². The number of esters is 1. The first-order valence-corrected chi connectivity index (χ1v) is 9.95. The van der Waals surface area contributed by atoms with Crippen molar-refractivity contribution < 1.29 is 19.2 Å². The van der Waals surface area contributed by atoms with Crippen LogP contribution in [0.15, 0.2) is 35.5 Å². The third-order valence-corrected chi connectivity index (χ3v) is 5.24. The SMILES string of the molecule is CCOC(=O)C1=C(CNC2CCCCC2)NC(=O)N[C@@H]1c1cccc([N+](=O)[O-])c1. The highest BCUT2D eigenvalue weighted by Crippen LogP contribution is 2.30. The molecule has 1 aliphatic carbocycles. The number of hydrogen-bond acceptors (Lipinski definition) is 6. The molecule has 1 fully saturated rings. The van der Waals surface area contributed by atoms with Crippen LogP contribution in [0.3, 0.4) is 0 Å². The monoisotopic (exact) mass is 402 g/mol. The summed E-state index contributed by atoms with van der Waals surface area (Å²) in [7, 11) is 0. The van der Waals surface area contributed by atoms with E-state index in [9.17, 15) is 19.7 Å². The second-order valence-corrected chi connectivity index (χ2v) is 7.21. The molecule has 29 heavy (non-hydrogen) atoms. The molecule has 0 radical (unpaired) electrons. The number of ether oxygens (including phenoxy) is 1. The molecule has 1 aliphatic heterocycles. The van der Waals surface area contributed by atoms with Crippen LogP contribution in [0.1, 0.15) is 50.6 Å². The van der Waals surface area contributed by atoms with Crippen molar-refractivity contribution in [3.63, 3.8) is 0 Å². The highest BCUT2D eigenvalue weighted by molar-refractivity contribution is 5.95. The standard InChI is InChI=1S/C20H26N4O5/c1-2-29-19(25)17-16(12-21-14-8-4-3-5-9-14)22-20(26)23-18(17)13-7-6-10-15(11-13)24(27)28/h6-7,10-11,14,18,21H,2-5,8-9,12H2,1H3,(H2,22,23,26)/t18-/m1/s1. The predicted molar refractivity (Wildman–Crippen MR) is 106 cm³/mol. The Kier molecular flexibility index (Phi) is 6.82. The Morgan fingerprint density at radius 2 is 2.07 bits per heavy atom. The molecule has 2 aliphatic rings. The third-order valence-electron chi connectivity index (χ3n) is 5.24. The molecule has 1 aromatic carbocycles. The summed E-state index contributed by atoms with van der Waals surface area (Å²) in [6.07, 6.45) is 5.66. The van der Waals surface area contributed by atoms with Gasteiger partial charge in [-0.25, -0.2) is 9.59 Å². The number of nitrogens with zero attached hydrogens (tertiary/aromatic N) is 1. The number of benzene rings is 1. The van der Waals surface area contributed by atoms with E-state index in [0.29, 0.717) is 23.8 Å². The van der Waals surface area contributed by atoms with E-state index in [2.05, 4.69) is 16.0 Å². The summed E-state index contributed by atoms with van der Waals surface area (Å²) in [6.45, 7) is 2.20. The van der Waals surface area contributed by atoms with E-state index in [4.69, 9.17) is 4.74 Å². The molecule has 1 heterocycles. The number of nitro groups is 1. The maximum absolute atomic E-state index is 12.7. The number of nitro benzene ring substituents is 1. The van der Waals surface area contributed by atoms with Crippen LogP contribution in [-0.4, -0.2) is 36.1 Å². The number of hydrogen-bond donors (Lipinski definition) is 3. The van der Waals surface area contributed by atoms with Crippen molar-refractivity contribution in [1.82, 2.24) is 16.0 Å². The van der Waals surface area contributed by atoms with Gasteiger partial charge in [0.15, 0.2) is 0 Å². The number of rotatable bonds is 7. The summed E-state index contributed by atoms with van der Waals surface area (Å²) in [5.41, 5.74) is 1.04. The van der Waals surface area contributed by atoms with Gasteiger partial charge < -0.3 is 20.7 Å². The van der Waals surface area contributed by atoms with Crippen molar-refractivity contribution in [2.75, 3.05) is 13.2 Å². The summed E-state index contributed by atoms with van der Waals surface area (Å²) in [5, 5.41) is 20.0. The summed E-state index contributed by atoms with van der Waals surface area (Å²) >= 11 is 0. The van der Waals surface area contributed by atoms with E-state index in [-0.39, 0.29) is 17.9 Å². The van der Waals surface area contributed by atoms with Gasteiger partial charge in [-0.05, 0) is 25.3 Å². The lowest BCUT2D eigenvalue weighted by Crippen LogP contribution is -2.49. The molecule has 3 rings (SSSR count). The number of non-ortho nitro benzene ring substituents is 1. The zero-order valence-corrected chi connectivity index (χ0v) is 16.4. The minimum atomic E-state index is -0.828. The van der Waals surface area contributed by atoms with Gasteiger partial charge in [0.2, 0.25) is 0 Å². The summed E-state index contributed by atoms with van der Waals surface area (Å²) in [5.74, 6) is -0.558. The molecule has 1 atom stereocenters. The largest absolute Gasteiger partial charge is 0.463 e. The van der Waals surface area contributed by atoms with Crippen LogP contribution in [0.4, 0.5) is 10.5 Å². The third kappa shape index (κ3) is 5.11. The predicted octanol–water partition coefficient (Wildman–Crippen LogP) is 2.69.